The third-order valence-electron chi connectivity index (χ3n) is 3.22. The quantitative estimate of drug-likeness (QED) is 0.883. The lowest BCUT2D eigenvalue weighted by atomic mass is 9.97. The number of hydrogen-bond donors (Lipinski definition) is 2. The number of carboxylic acids is 1. The van der Waals surface area contributed by atoms with Crippen molar-refractivity contribution in [3.05, 3.63) is 20.8 Å². The molecule has 0 radical (unpaired) electrons. The zero-order chi connectivity index (χ0) is 13.8. The lowest BCUT2D eigenvalue weighted by molar-refractivity contribution is -0.143. The number of likely N-dealkylation sites (tertiary alicyclic amines) is 1. The Balaban J connectivity index is 1.79. The fourth-order valence-corrected chi connectivity index (χ4v) is 3.48. The molecule has 2 heterocycles. The molecule has 2 rings (SSSR count). The first-order chi connectivity index (χ1) is 9.08. The molecule has 1 aromatic rings. The largest absolute Gasteiger partial charge is 0.481 e. The zero-order valence-corrected chi connectivity index (χ0v) is 12.7. The van der Waals surface area contributed by atoms with E-state index in [-0.39, 0.29) is 11.9 Å². The summed E-state index contributed by atoms with van der Waals surface area (Å²) in [5.41, 5.74) is 0. The number of nitrogens with zero attached hydrogens (tertiary/aromatic N) is 1. The number of halogens is 1. The number of amides is 2. The molecule has 0 saturated carbocycles. The summed E-state index contributed by atoms with van der Waals surface area (Å²) in [5.74, 6) is -1.07. The molecule has 1 aromatic heterocycles. The number of piperidine rings is 1. The van der Waals surface area contributed by atoms with Gasteiger partial charge in [0.1, 0.15) is 0 Å². The fraction of sp³-hybridized carbons (Fsp3) is 0.500. The molecule has 2 N–H and O–H groups in total. The van der Waals surface area contributed by atoms with E-state index in [9.17, 15) is 9.59 Å². The molecule has 5 nitrogen and oxygen atoms in total. The molecule has 0 atom stereocenters. The molecule has 104 valence electrons. The van der Waals surface area contributed by atoms with Crippen LogP contribution >= 0.6 is 27.3 Å². The Bertz CT molecular complexity index is 469. The maximum Gasteiger partial charge on any atom is 0.317 e. The lowest BCUT2D eigenvalue weighted by Gasteiger charge is -2.30. The minimum absolute atomic E-state index is 0.121. The van der Waals surface area contributed by atoms with E-state index in [0.717, 1.165) is 9.35 Å². The number of nitrogens with one attached hydrogen (secondary N) is 1. The number of carbonyl (C=O) groups is 2. The van der Waals surface area contributed by atoms with Gasteiger partial charge in [-0.15, -0.1) is 11.3 Å². The normalized spacial score (nSPS) is 16.4. The first kappa shape index (κ1) is 14.3. The molecule has 0 aliphatic carbocycles. The molecular formula is C12H15BrN2O3S. The summed E-state index contributed by atoms with van der Waals surface area (Å²) in [4.78, 5) is 25.5. The number of urea groups is 1. The number of rotatable bonds is 3. The second-order valence-corrected chi connectivity index (χ2v) is 6.30. The van der Waals surface area contributed by atoms with E-state index in [1.807, 2.05) is 11.4 Å². The number of hydrogen-bond acceptors (Lipinski definition) is 3. The van der Waals surface area contributed by atoms with Crippen molar-refractivity contribution in [2.45, 2.75) is 19.4 Å². The Labute approximate surface area is 123 Å². The third kappa shape index (κ3) is 3.70. The second-order valence-electron chi connectivity index (χ2n) is 4.45. The summed E-state index contributed by atoms with van der Waals surface area (Å²) in [6.45, 7) is 1.51. The molecule has 1 aliphatic heterocycles. The van der Waals surface area contributed by atoms with Crippen LogP contribution in [0.3, 0.4) is 0 Å². The van der Waals surface area contributed by atoms with Crippen LogP contribution in [0.25, 0.3) is 0 Å². The Hall–Kier alpha value is -1.08. The van der Waals surface area contributed by atoms with E-state index < -0.39 is 5.97 Å². The number of aliphatic carboxylic acids is 1. The topological polar surface area (TPSA) is 69.6 Å². The molecule has 19 heavy (non-hydrogen) atoms. The minimum atomic E-state index is -0.762. The van der Waals surface area contributed by atoms with Crippen LogP contribution in [0.1, 0.15) is 17.7 Å². The summed E-state index contributed by atoms with van der Waals surface area (Å²) in [6, 6.07) is 1.83. The number of thiophene rings is 1. The van der Waals surface area contributed by atoms with Gasteiger partial charge in [0.2, 0.25) is 0 Å². The van der Waals surface area contributed by atoms with E-state index in [1.54, 1.807) is 16.2 Å². The molecule has 0 aromatic carbocycles. The highest BCUT2D eigenvalue weighted by atomic mass is 79.9. The second kappa shape index (κ2) is 6.38. The van der Waals surface area contributed by atoms with Crippen molar-refractivity contribution in [1.82, 2.24) is 10.2 Å². The highest BCUT2D eigenvalue weighted by Gasteiger charge is 2.26. The van der Waals surface area contributed by atoms with Crippen molar-refractivity contribution >= 4 is 39.3 Å². The maximum absolute atomic E-state index is 11.9. The summed E-state index contributed by atoms with van der Waals surface area (Å²) in [7, 11) is 0. The average Bonchev–Trinajstić information content (AvgIpc) is 2.81. The third-order valence-corrected chi connectivity index (χ3v) is 5.15. The van der Waals surface area contributed by atoms with Crippen LogP contribution in [-0.4, -0.2) is 35.1 Å². The van der Waals surface area contributed by atoms with Gasteiger partial charge in [-0.1, -0.05) is 0 Å². The zero-order valence-electron chi connectivity index (χ0n) is 10.3. The van der Waals surface area contributed by atoms with Crippen molar-refractivity contribution in [3.63, 3.8) is 0 Å². The first-order valence-corrected chi connectivity index (χ1v) is 7.72. The van der Waals surface area contributed by atoms with Gasteiger partial charge in [0.25, 0.3) is 0 Å². The summed E-state index contributed by atoms with van der Waals surface area (Å²) < 4.78 is 1.00. The van der Waals surface area contributed by atoms with Gasteiger partial charge in [-0.25, -0.2) is 4.79 Å². The Morgan fingerprint density at radius 2 is 2.16 bits per heavy atom. The minimum Gasteiger partial charge on any atom is -0.481 e. The predicted octanol–water partition coefficient (Wildman–Crippen LogP) is 2.52. The number of carboxylic acid groups (broad SMARTS) is 1. The van der Waals surface area contributed by atoms with E-state index in [0.29, 0.717) is 32.5 Å². The molecular weight excluding hydrogens is 332 g/mol. The van der Waals surface area contributed by atoms with Crippen LogP contribution in [0.5, 0.6) is 0 Å². The molecule has 1 fully saturated rings. The van der Waals surface area contributed by atoms with Gasteiger partial charge in [0.15, 0.2) is 0 Å². The highest BCUT2D eigenvalue weighted by Crippen LogP contribution is 2.22. The summed E-state index contributed by atoms with van der Waals surface area (Å²) >= 11 is 5.00. The Morgan fingerprint density at radius 3 is 2.68 bits per heavy atom. The fourth-order valence-electron chi connectivity index (χ4n) is 2.05. The Morgan fingerprint density at radius 1 is 1.47 bits per heavy atom. The van der Waals surface area contributed by atoms with E-state index in [1.165, 1.54) is 0 Å². The van der Waals surface area contributed by atoms with Gasteiger partial charge in [0.05, 0.1) is 12.5 Å². The first-order valence-electron chi connectivity index (χ1n) is 6.05. The highest BCUT2D eigenvalue weighted by molar-refractivity contribution is 9.10. The van der Waals surface area contributed by atoms with Gasteiger partial charge in [-0.2, -0.15) is 0 Å². The van der Waals surface area contributed by atoms with Crippen LogP contribution in [0.2, 0.25) is 0 Å². The molecule has 0 bridgehead atoms. The van der Waals surface area contributed by atoms with Gasteiger partial charge in [-0.05, 0) is 40.2 Å². The van der Waals surface area contributed by atoms with Crippen molar-refractivity contribution in [3.8, 4) is 0 Å². The van der Waals surface area contributed by atoms with E-state index in [4.69, 9.17) is 5.11 Å². The molecule has 2 amide bonds. The maximum atomic E-state index is 11.9. The predicted molar refractivity (Wildman–Crippen MR) is 76.2 cm³/mol. The summed E-state index contributed by atoms with van der Waals surface area (Å²) in [6.07, 6.45) is 1.07. The molecule has 0 unspecified atom stereocenters. The van der Waals surface area contributed by atoms with Crippen LogP contribution in [-0.2, 0) is 11.3 Å². The molecule has 7 heteroatoms. The monoisotopic (exact) mass is 346 g/mol. The molecule has 0 spiro atoms. The van der Waals surface area contributed by atoms with Crippen LogP contribution in [0, 0.1) is 5.92 Å². The lowest BCUT2D eigenvalue weighted by Crippen LogP contribution is -2.45. The van der Waals surface area contributed by atoms with E-state index in [2.05, 4.69) is 21.2 Å². The van der Waals surface area contributed by atoms with Crippen molar-refractivity contribution in [2.75, 3.05) is 13.1 Å². The molecule has 1 aliphatic rings. The van der Waals surface area contributed by atoms with Gasteiger partial charge in [0, 0.05) is 22.4 Å². The SMILES string of the molecule is O=C(O)C1CCN(C(=O)NCc2sccc2Br)CC1. The van der Waals surface area contributed by atoms with Crippen molar-refractivity contribution in [2.24, 2.45) is 5.92 Å². The van der Waals surface area contributed by atoms with Crippen LogP contribution in [0.15, 0.2) is 15.9 Å². The summed E-state index contributed by atoms with van der Waals surface area (Å²) in [5, 5.41) is 13.7. The smallest absolute Gasteiger partial charge is 0.317 e. The van der Waals surface area contributed by atoms with Crippen LogP contribution in [0.4, 0.5) is 4.79 Å². The van der Waals surface area contributed by atoms with E-state index >= 15 is 0 Å². The van der Waals surface area contributed by atoms with Gasteiger partial charge >= 0.3 is 12.0 Å². The van der Waals surface area contributed by atoms with Crippen LogP contribution < -0.4 is 5.32 Å². The van der Waals surface area contributed by atoms with Gasteiger partial charge in [-0.3, -0.25) is 4.79 Å². The number of carbonyl (C=O) groups excluding carboxylic acids is 1. The molecule has 1 saturated heterocycles. The Kier molecular flexibility index (Phi) is 4.81. The van der Waals surface area contributed by atoms with Gasteiger partial charge < -0.3 is 15.3 Å². The van der Waals surface area contributed by atoms with Crippen molar-refractivity contribution < 1.29 is 14.7 Å². The standard InChI is InChI=1S/C12H15BrN2O3S/c13-9-3-6-19-10(9)7-14-12(18)15-4-1-8(2-5-15)11(16)17/h3,6,8H,1-2,4-5,7H2,(H,14,18)(H,16,17). The average molecular weight is 347 g/mol. The van der Waals surface area contributed by atoms with Crippen molar-refractivity contribution in [1.29, 1.82) is 0 Å².